The van der Waals surface area contributed by atoms with Crippen molar-refractivity contribution in [3.63, 3.8) is 0 Å². The maximum Gasteiger partial charge on any atom is 0.272 e. The Morgan fingerprint density at radius 2 is 1.97 bits per heavy atom. The van der Waals surface area contributed by atoms with Crippen LogP contribution in [0.2, 0.25) is 0 Å². The molecule has 168 valence electrons. The summed E-state index contributed by atoms with van der Waals surface area (Å²) in [4.78, 5) is 12.4. The number of non-ortho nitro benzene ring substituents is 1. The fourth-order valence-corrected chi connectivity index (χ4v) is 4.15. The van der Waals surface area contributed by atoms with Crippen LogP contribution in [0.4, 0.5) is 15.8 Å². The van der Waals surface area contributed by atoms with Crippen molar-refractivity contribution >= 4 is 22.3 Å². The molecule has 3 heterocycles. The number of hydrogen-bond acceptors (Lipinski definition) is 7. The van der Waals surface area contributed by atoms with Crippen molar-refractivity contribution in [2.75, 3.05) is 37.8 Å². The number of halogens is 1. The molecule has 3 aromatic rings. The van der Waals surface area contributed by atoms with Gasteiger partial charge in [-0.1, -0.05) is 0 Å². The number of fused-ring (bicyclic) bond motifs is 1. The Morgan fingerprint density at radius 3 is 2.69 bits per heavy atom. The molecule has 2 saturated heterocycles. The lowest BCUT2D eigenvalue weighted by atomic mass is 10.1. The molecule has 0 N–H and O–H groups in total. The molecule has 0 saturated carbocycles. The van der Waals surface area contributed by atoms with Crippen LogP contribution in [-0.4, -0.2) is 47.6 Å². The van der Waals surface area contributed by atoms with Gasteiger partial charge in [0.15, 0.2) is 23.5 Å². The molecule has 2 aliphatic heterocycles. The van der Waals surface area contributed by atoms with Gasteiger partial charge in [0.1, 0.15) is 0 Å². The summed E-state index contributed by atoms with van der Waals surface area (Å²) in [5.74, 6) is -0.415. The molecule has 2 aliphatic rings. The Labute approximate surface area is 183 Å². The summed E-state index contributed by atoms with van der Waals surface area (Å²) in [7, 11) is 0. The lowest BCUT2D eigenvalue weighted by Gasteiger charge is -2.30. The van der Waals surface area contributed by atoms with Gasteiger partial charge < -0.3 is 19.1 Å². The minimum absolute atomic E-state index is 0.0764. The minimum atomic E-state index is -0.793. The Kier molecular flexibility index (Phi) is 5.62. The number of nitro benzene ring substituents is 1. The van der Waals surface area contributed by atoms with Gasteiger partial charge in [-0.25, -0.2) is 9.07 Å². The van der Waals surface area contributed by atoms with Gasteiger partial charge in [0.05, 0.1) is 41.6 Å². The number of nitro groups is 1. The molecule has 32 heavy (non-hydrogen) atoms. The molecule has 0 amide bonds. The summed E-state index contributed by atoms with van der Waals surface area (Å²) in [6, 6.07) is 7.18. The molecule has 10 heteroatoms. The molecule has 1 unspecified atom stereocenters. The third-order valence-electron chi connectivity index (χ3n) is 5.80. The number of nitrogens with zero attached hydrogens (tertiary/aromatic N) is 4. The van der Waals surface area contributed by atoms with Crippen molar-refractivity contribution in [2.24, 2.45) is 0 Å². The largest absolute Gasteiger partial charge is 0.452 e. The normalized spacial score (nSPS) is 19.3. The summed E-state index contributed by atoms with van der Waals surface area (Å²) in [5, 5.41) is 16.3. The number of ether oxygens (including phenoxy) is 3. The first-order valence-electron chi connectivity index (χ1n) is 10.7. The van der Waals surface area contributed by atoms with Crippen LogP contribution in [0.15, 0.2) is 36.5 Å². The van der Waals surface area contributed by atoms with Crippen molar-refractivity contribution in [3.8, 4) is 11.5 Å². The van der Waals surface area contributed by atoms with E-state index >= 15 is 0 Å². The van der Waals surface area contributed by atoms with Gasteiger partial charge in [0.25, 0.3) is 5.69 Å². The molecular weight excluding hydrogens is 419 g/mol. The summed E-state index contributed by atoms with van der Waals surface area (Å²) in [6.07, 6.45) is 4.67. The fraction of sp³-hybridized carbons (Fsp3) is 0.409. The van der Waals surface area contributed by atoms with Gasteiger partial charge in [-0.2, -0.15) is 5.10 Å². The van der Waals surface area contributed by atoms with Crippen molar-refractivity contribution in [2.45, 2.75) is 25.5 Å². The first kappa shape index (κ1) is 20.7. The molecule has 9 nitrogen and oxygen atoms in total. The monoisotopic (exact) mass is 442 g/mol. The Morgan fingerprint density at radius 1 is 1.12 bits per heavy atom. The Balaban J connectivity index is 1.55. The highest BCUT2D eigenvalue weighted by Gasteiger charge is 2.23. The van der Waals surface area contributed by atoms with Crippen molar-refractivity contribution < 1.29 is 23.5 Å². The third-order valence-corrected chi connectivity index (χ3v) is 5.80. The third kappa shape index (κ3) is 3.98. The van der Waals surface area contributed by atoms with E-state index in [2.05, 4.69) is 10.00 Å². The molecule has 0 spiro atoms. The van der Waals surface area contributed by atoms with Crippen LogP contribution in [0.25, 0.3) is 10.9 Å². The maximum absolute atomic E-state index is 14.5. The van der Waals surface area contributed by atoms with E-state index < -0.39 is 10.7 Å². The molecule has 1 aromatic heterocycles. The van der Waals surface area contributed by atoms with E-state index in [4.69, 9.17) is 14.2 Å². The molecule has 2 fully saturated rings. The molecule has 5 rings (SSSR count). The zero-order valence-electron chi connectivity index (χ0n) is 17.4. The second-order valence-corrected chi connectivity index (χ2v) is 7.86. The summed E-state index contributed by atoms with van der Waals surface area (Å²) in [6.45, 7) is 3.20. The highest BCUT2D eigenvalue weighted by atomic mass is 19.1. The van der Waals surface area contributed by atoms with E-state index in [-0.39, 0.29) is 17.7 Å². The predicted molar refractivity (Wildman–Crippen MR) is 115 cm³/mol. The van der Waals surface area contributed by atoms with Gasteiger partial charge in [0, 0.05) is 31.1 Å². The lowest BCUT2D eigenvalue weighted by molar-refractivity contribution is -0.385. The van der Waals surface area contributed by atoms with E-state index in [0.717, 1.165) is 41.9 Å². The molecule has 0 radical (unpaired) electrons. The van der Waals surface area contributed by atoms with E-state index in [1.165, 1.54) is 12.1 Å². The Bertz CT molecular complexity index is 1140. The molecule has 0 aliphatic carbocycles. The summed E-state index contributed by atoms with van der Waals surface area (Å²) in [5.41, 5.74) is 1.37. The number of anilines is 1. The van der Waals surface area contributed by atoms with Crippen LogP contribution in [0.3, 0.4) is 0 Å². The standard InChI is InChI=1S/C22H23FN4O5/c23-17-12-16(27(28)29)4-5-20(17)32-21-11-15-14-24-26(22-3-1-2-8-31-22)18(15)13-19(21)25-6-9-30-10-7-25/h4-5,11-14,22H,1-3,6-10H2. The van der Waals surface area contributed by atoms with Gasteiger partial charge in [0.2, 0.25) is 0 Å². The zero-order valence-corrected chi connectivity index (χ0v) is 17.4. The lowest BCUT2D eigenvalue weighted by Crippen LogP contribution is -2.36. The second kappa shape index (κ2) is 8.71. The number of hydrogen-bond donors (Lipinski definition) is 0. The van der Waals surface area contributed by atoms with E-state index in [1.807, 2.05) is 16.8 Å². The number of morpholine rings is 1. The van der Waals surface area contributed by atoms with Crippen LogP contribution in [-0.2, 0) is 9.47 Å². The molecule has 0 bridgehead atoms. The van der Waals surface area contributed by atoms with Gasteiger partial charge in [-0.15, -0.1) is 0 Å². The average Bonchev–Trinajstić information content (AvgIpc) is 3.23. The van der Waals surface area contributed by atoms with Crippen LogP contribution < -0.4 is 9.64 Å². The highest BCUT2D eigenvalue weighted by molar-refractivity contribution is 5.86. The fourth-order valence-electron chi connectivity index (χ4n) is 4.15. The molecule has 1 atom stereocenters. The smallest absolute Gasteiger partial charge is 0.272 e. The van der Waals surface area contributed by atoms with Gasteiger partial charge >= 0.3 is 0 Å². The first-order valence-corrected chi connectivity index (χ1v) is 10.7. The van der Waals surface area contributed by atoms with Crippen molar-refractivity contribution in [1.82, 2.24) is 9.78 Å². The van der Waals surface area contributed by atoms with Crippen LogP contribution >= 0.6 is 0 Å². The van der Waals surface area contributed by atoms with E-state index in [1.54, 1.807) is 6.20 Å². The van der Waals surface area contributed by atoms with E-state index in [9.17, 15) is 14.5 Å². The van der Waals surface area contributed by atoms with Crippen LogP contribution in [0.5, 0.6) is 11.5 Å². The zero-order chi connectivity index (χ0) is 22.1. The number of aromatic nitrogens is 2. The SMILES string of the molecule is O=[N+]([O-])c1ccc(Oc2cc3cnn(C4CCCCO4)c3cc2N2CCOCC2)c(F)c1. The topological polar surface area (TPSA) is 91.9 Å². The van der Waals surface area contributed by atoms with Crippen LogP contribution in [0, 0.1) is 15.9 Å². The number of benzene rings is 2. The second-order valence-electron chi connectivity index (χ2n) is 7.86. The van der Waals surface area contributed by atoms with Gasteiger partial charge in [-0.05, 0) is 37.5 Å². The number of rotatable bonds is 5. The first-order chi connectivity index (χ1) is 15.6. The Hall–Kier alpha value is -3.24. The minimum Gasteiger partial charge on any atom is -0.452 e. The predicted octanol–water partition coefficient (Wildman–Crippen LogP) is 4.41. The summed E-state index contributed by atoms with van der Waals surface area (Å²) >= 11 is 0. The summed E-state index contributed by atoms with van der Waals surface area (Å²) < 4.78 is 33.8. The maximum atomic E-state index is 14.5. The quantitative estimate of drug-likeness (QED) is 0.427. The van der Waals surface area contributed by atoms with Crippen molar-refractivity contribution in [3.05, 3.63) is 52.5 Å². The van der Waals surface area contributed by atoms with Crippen molar-refractivity contribution in [1.29, 1.82) is 0 Å². The van der Waals surface area contributed by atoms with Gasteiger partial charge in [-0.3, -0.25) is 10.1 Å². The molecular formula is C22H23FN4O5. The highest BCUT2D eigenvalue weighted by Crippen LogP contribution is 2.39. The average molecular weight is 442 g/mol. The van der Waals surface area contributed by atoms with Crippen LogP contribution in [0.1, 0.15) is 25.5 Å². The molecule has 2 aromatic carbocycles. The van der Waals surface area contributed by atoms with E-state index in [0.29, 0.717) is 38.7 Å².